The highest BCUT2D eigenvalue weighted by Crippen LogP contribution is 2.16. The second-order valence-electron chi connectivity index (χ2n) is 4.23. The van der Waals surface area contributed by atoms with Gasteiger partial charge >= 0.3 is 6.03 Å². The first-order chi connectivity index (χ1) is 9.15. The zero-order valence-electron chi connectivity index (χ0n) is 10.6. The summed E-state index contributed by atoms with van der Waals surface area (Å²) in [5, 5.41) is 8.52. The molecule has 1 atom stereocenters. The maximum absolute atomic E-state index is 11.7. The Hall–Kier alpha value is -2.08. The van der Waals surface area contributed by atoms with Gasteiger partial charge < -0.3 is 16.4 Å². The third-order valence-electron chi connectivity index (χ3n) is 2.61. The summed E-state index contributed by atoms with van der Waals surface area (Å²) in [6, 6.07) is 6.79. The number of nitrogens with zero attached hydrogens (tertiary/aromatic N) is 1. The SMILES string of the molecule is CC(CNC(=O)Nc1ccc(N)cc1)c1nccs1. The van der Waals surface area contributed by atoms with Gasteiger partial charge in [-0.3, -0.25) is 0 Å². The van der Waals surface area contributed by atoms with E-state index in [1.54, 1.807) is 41.8 Å². The average molecular weight is 276 g/mol. The van der Waals surface area contributed by atoms with Crippen molar-refractivity contribution in [2.45, 2.75) is 12.8 Å². The first-order valence-electron chi connectivity index (χ1n) is 5.95. The molecule has 100 valence electrons. The molecule has 5 nitrogen and oxygen atoms in total. The number of carbonyl (C=O) groups excluding carboxylic acids is 1. The molecule has 1 aromatic carbocycles. The van der Waals surface area contributed by atoms with Gasteiger partial charge in [0.2, 0.25) is 0 Å². The van der Waals surface area contributed by atoms with Gasteiger partial charge in [0, 0.05) is 35.4 Å². The van der Waals surface area contributed by atoms with Gasteiger partial charge in [0.15, 0.2) is 0 Å². The largest absolute Gasteiger partial charge is 0.399 e. The van der Waals surface area contributed by atoms with Crippen LogP contribution >= 0.6 is 11.3 Å². The molecule has 0 aliphatic heterocycles. The molecule has 0 aliphatic carbocycles. The van der Waals surface area contributed by atoms with Crippen LogP contribution in [0, 0.1) is 0 Å². The average Bonchev–Trinajstić information content (AvgIpc) is 2.93. The second-order valence-corrected chi connectivity index (χ2v) is 5.15. The minimum absolute atomic E-state index is 0.206. The summed E-state index contributed by atoms with van der Waals surface area (Å²) < 4.78 is 0. The minimum Gasteiger partial charge on any atom is -0.399 e. The Labute approximate surface area is 115 Å². The van der Waals surface area contributed by atoms with Gasteiger partial charge in [0.05, 0.1) is 5.01 Å². The smallest absolute Gasteiger partial charge is 0.319 e. The molecule has 2 aromatic rings. The van der Waals surface area contributed by atoms with Gasteiger partial charge in [0.1, 0.15) is 0 Å². The highest BCUT2D eigenvalue weighted by Gasteiger charge is 2.09. The summed E-state index contributed by atoms with van der Waals surface area (Å²) in [6.45, 7) is 2.58. The van der Waals surface area contributed by atoms with E-state index >= 15 is 0 Å². The van der Waals surface area contributed by atoms with Crippen LogP contribution in [0.2, 0.25) is 0 Å². The number of hydrogen-bond donors (Lipinski definition) is 3. The van der Waals surface area contributed by atoms with Crippen LogP contribution in [-0.2, 0) is 0 Å². The zero-order valence-corrected chi connectivity index (χ0v) is 11.4. The Kier molecular flexibility index (Phi) is 4.35. The third kappa shape index (κ3) is 3.96. The molecule has 0 radical (unpaired) electrons. The number of nitrogen functional groups attached to an aromatic ring is 1. The van der Waals surface area contributed by atoms with Gasteiger partial charge in [-0.15, -0.1) is 11.3 Å². The predicted molar refractivity (Wildman–Crippen MR) is 78.4 cm³/mol. The van der Waals surface area contributed by atoms with E-state index in [4.69, 9.17) is 5.73 Å². The lowest BCUT2D eigenvalue weighted by Crippen LogP contribution is -2.31. The Morgan fingerprint density at radius 1 is 1.42 bits per heavy atom. The van der Waals surface area contributed by atoms with Crippen LogP contribution < -0.4 is 16.4 Å². The van der Waals surface area contributed by atoms with E-state index in [1.807, 2.05) is 12.3 Å². The summed E-state index contributed by atoms with van der Waals surface area (Å²) in [5.41, 5.74) is 6.96. The van der Waals surface area contributed by atoms with E-state index in [1.165, 1.54) is 0 Å². The number of aromatic nitrogens is 1. The number of urea groups is 1. The second kappa shape index (κ2) is 6.19. The number of benzene rings is 1. The summed E-state index contributed by atoms with van der Waals surface area (Å²) in [4.78, 5) is 15.9. The predicted octanol–water partition coefficient (Wildman–Crippen LogP) is 2.65. The van der Waals surface area contributed by atoms with Crippen LogP contribution in [-0.4, -0.2) is 17.6 Å². The molecule has 4 N–H and O–H groups in total. The number of nitrogens with one attached hydrogen (secondary N) is 2. The zero-order chi connectivity index (χ0) is 13.7. The van der Waals surface area contributed by atoms with Crippen molar-refractivity contribution in [1.29, 1.82) is 0 Å². The van der Waals surface area contributed by atoms with Gasteiger partial charge in [0.25, 0.3) is 0 Å². The fourth-order valence-electron chi connectivity index (χ4n) is 1.55. The summed E-state index contributed by atoms with van der Waals surface area (Å²) in [5.74, 6) is 0.206. The van der Waals surface area contributed by atoms with Crippen molar-refractivity contribution in [2.75, 3.05) is 17.6 Å². The first kappa shape index (κ1) is 13.4. The number of rotatable bonds is 4. The highest BCUT2D eigenvalue weighted by molar-refractivity contribution is 7.09. The molecule has 0 fully saturated rings. The van der Waals surface area contributed by atoms with Crippen molar-refractivity contribution in [3.05, 3.63) is 40.8 Å². The van der Waals surface area contributed by atoms with E-state index < -0.39 is 0 Å². The monoisotopic (exact) mass is 276 g/mol. The van der Waals surface area contributed by atoms with Crippen LogP contribution in [0.5, 0.6) is 0 Å². The Morgan fingerprint density at radius 2 is 2.16 bits per heavy atom. The lowest BCUT2D eigenvalue weighted by Gasteiger charge is -2.11. The van der Waals surface area contributed by atoms with Crippen LogP contribution in [0.15, 0.2) is 35.8 Å². The molecule has 1 aromatic heterocycles. The van der Waals surface area contributed by atoms with E-state index in [0.29, 0.717) is 17.9 Å². The number of amides is 2. The number of hydrogen-bond acceptors (Lipinski definition) is 4. The van der Waals surface area contributed by atoms with E-state index in [9.17, 15) is 4.79 Å². The van der Waals surface area contributed by atoms with Crippen LogP contribution in [0.1, 0.15) is 17.8 Å². The Bertz CT molecular complexity index is 524. The number of thiazole rings is 1. The Morgan fingerprint density at radius 3 is 2.79 bits per heavy atom. The molecule has 0 bridgehead atoms. The molecule has 0 saturated heterocycles. The minimum atomic E-state index is -0.229. The van der Waals surface area contributed by atoms with Crippen molar-refractivity contribution in [3.63, 3.8) is 0 Å². The van der Waals surface area contributed by atoms with Crippen LogP contribution in [0.3, 0.4) is 0 Å². The van der Waals surface area contributed by atoms with Crippen molar-refractivity contribution >= 4 is 28.7 Å². The van der Waals surface area contributed by atoms with Crippen molar-refractivity contribution < 1.29 is 4.79 Å². The fourth-order valence-corrected chi connectivity index (χ4v) is 2.25. The maximum Gasteiger partial charge on any atom is 0.319 e. The van der Waals surface area contributed by atoms with Gasteiger partial charge in [-0.05, 0) is 24.3 Å². The van der Waals surface area contributed by atoms with Gasteiger partial charge in [-0.25, -0.2) is 9.78 Å². The first-order valence-corrected chi connectivity index (χ1v) is 6.83. The molecular formula is C13H16N4OS. The van der Waals surface area contributed by atoms with Crippen LogP contribution in [0.4, 0.5) is 16.2 Å². The molecular weight excluding hydrogens is 260 g/mol. The van der Waals surface area contributed by atoms with Gasteiger partial charge in [-0.2, -0.15) is 0 Å². The summed E-state index contributed by atoms with van der Waals surface area (Å²) in [6.07, 6.45) is 1.77. The van der Waals surface area contributed by atoms with Crippen molar-refractivity contribution in [2.24, 2.45) is 0 Å². The molecule has 0 spiro atoms. The molecule has 2 rings (SSSR count). The highest BCUT2D eigenvalue weighted by atomic mass is 32.1. The third-order valence-corrected chi connectivity index (χ3v) is 3.62. The molecule has 0 aliphatic rings. The quantitative estimate of drug-likeness (QED) is 0.751. The summed E-state index contributed by atoms with van der Waals surface area (Å²) >= 11 is 1.59. The molecule has 1 heterocycles. The number of carbonyl (C=O) groups is 1. The summed E-state index contributed by atoms with van der Waals surface area (Å²) in [7, 11) is 0. The standard InChI is InChI=1S/C13H16N4OS/c1-9(12-15-6-7-19-12)8-16-13(18)17-11-4-2-10(14)3-5-11/h2-7,9H,8,14H2,1H3,(H2,16,17,18). The fraction of sp³-hybridized carbons (Fsp3) is 0.231. The van der Waals surface area contributed by atoms with Crippen molar-refractivity contribution in [1.82, 2.24) is 10.3 Å². The lowest BCUT2D eigenvalue weighted by atomic mass is 10.2. The molecule has 0 saturated carbocycles. The van der Waals surface area contributed by atoms with E-state index in [2.05, 4.69) is 15.6 Å². The van der Waals surface area contributed by atoms with E-state index in [0.717, 1.165) is 5.01 Å². The molecule has 1 unspecified atom stereocenters. The number of anilines is 2. The van der Waals surface area contributed by atoms with Crippen molar-refractivity contribution in [3.8, 4) is 0 Å². The molecule has 19 heavy (non-hydrogen) atoms. The molecule has 6 heteroatoms. The van der Waals surface area contributed by atoms with Gasteiger partial charge in [-0.1, -0.05) is 6.92 Å². The lowest BCUT2D eigenvalue weighted by molar-refractivity contribution is 0.251. The molecule has 2 amide bonds. The Balaban J connectivity index is 1.80. The van der Waals surface area contributed by atoms with Crippen LogP contribution in [0.25, 0.3) is 0 Å². The topological polar surface area (TPSA) is 80.0 Å². The number of nitrogens with two attached hydrogens (primary N) is 1. The van der Waals surface area contributed by atoms with E-state index in [-0.39, 0.29) is 11.9 Å². The normalized spacial score (nSPS) is 11.8. The maximum atomic E-state index is 11.7.